The van der Waals surface area contributed by atoms with E-state index in [9.17, 15) is 0 Å². The van der Waals surface area contributed by atoms with Gasteiger partial charge in [-0.05, 0) is 54.0 Å². The summed E-state index contributed by atoms with van der Waals surface area (Å²) < 4.78 is 17.5. The van der Waals surface area contributed by atoms with E-state index in [1.165, 1.54) is 11.1 Å². The largest absolute Gasteiger partial charge is 0.497 e. The molecule has 5 rings (SSSR count). The predicted molar refractivity (Wildman–Crippen MR) is 101 cm³/mol. The molecule has 2 fully saturated rings. The molecule has 2 aliphatic carbocycles. The molecule has 1 heterocycles. The summed E-state index contributed by atoms with van der Waals surface area (Å²) in [5.74, 6) is 1.12. The maximum atomic E-state index is 6.01. The van der Waals surface area contributed by atoms with E-state index in [2.05, 4.69) is 42.5 Å². The van der Waals surface area contributed by atoms with Crippen LogP contribution in [0, 0.1) is 0 Å². The summed E-state index contributed by atoms with van der Waals surface area (Å²) in [6, 6.07) is 17.7. The van der Waals surface area contributed by atoms with E-state index in [4.69, 9.17) is 14.2 Å². The Bertz CT molecular complexity index is 797. The van der Waals surface area contributed by atoms with E-state index in [0.717, 1.165) is 51.1 Å². The third kappa shape index (κ3) is 2.41. The van der Waals surface area contributed by atoms with Crippen molar-refractivity contribution in [2.24, 2.45) is 0 Å². The molecule has 0 bridgehead atoms. The van der Waals surface area contributed by atoms with Crippen molar-refractivity contribution in [2.45, 2.75) is 49.2 Å². The average molecular weight is 350 g/mol. The van der Waals surface area contributed by atoms with Crippen LogP contribution in [0.5, 0.6) is 5.75 Å². The molecule has 1 atom stereocenters. The van der Waals surface area contributed by atoms with Gasteiger partial charge in [0.25, 0.3) is 0 Å². The van der Waals surface area contributed by atoms with Crippen molar-refractivity contribution in [3.05, 3.63) is 65.2 Å². The molecule has 136 valence electrons. The number of hydrogen-bond donors (Lipinski definition) is 0. The Kier molecular flexibility index (Phi) is 3.84. The highest BCUT2D eigenvalue weighted by atomic mass is 16.7. The van der Waals surface area contributed by atoms with Gasteiger partial charge in [-0.1, -0.05) is 36.4 Å². The van der Waals surface area contributed by atoms with Crippen LogP contribution in [0.3, 0.4) is 0 Å². The molecular weight excluding hydrogens is 324 g/mol. The Morgan fingerprint density at radius 2 is 1.69 bits per heavy atom. The lowest BCUT2D eigenvalue weighted by Crippen LogP contribution is -2.43. The third-order valence-corrected chi connectivity index (χ3v) is 6.86. The van der Waals surface area contributed by atoms with Crippen LogP contribution in [-0.4, -0.2) is 26.1 Å². The van der Waals surface area contributed by atoms with Crippen LogP contribution in [0.4, 0.5) is 0 Å². The zero-order valence-corrected chi connectivity index (χ0v) is 15.4. The minimum atomic E-state index is -0.318. The van der Waals surface area contributed by atoms with Gasteiger partial charge in [-0.2, -0.15) is 0 Å². The van der Waals surface area contributed by atoms with Gasteiger partial charge in [0.05, 0.1) is 20.3 Å². The molecule has 0 amide bonds. The van der Waals surface area contributed by atoms with Crippen LogP contribution in [-0.2, 0) is 21.3 Å². The van der Waals surface area contributed by atoms with Gasteiger partial charge < -0.3 is 14.2 Å². The number of fused-ring (bicyclic) bond motifs is 2. The fourth-order valence-corrected chi connectivity index (χ4v) is 5.56. The fourth-order valence-electron chi connectivity index (χ4n) is 5.56. The van der Waals surface area contributed by atoms with Crippen molar-refractivity contribution in [1.82, 2.24) is 0 Å². The van der Waals surface area contributed by atoms with Gasteiger partial charge in [-0.3, -0.25) is 0 Å². The maximum absolute atomic E-state index is 6.01. The van der Waals surface area contributed by atoms with E-state index in [-0.39, 0.29) is 11.2 Å². The highest BCUT2D eigenvalue weighted by molar-refractivity contribution is 5.48. The summed E-state index contributed by atoms with van der Waals surface area (Å²) in [4.78, 5) is 0. The quantitative estimate of drug-likeness (QED) is 0.793. The summed E-state index contributed by atoms with van der Waals surface area (Å²) in [6.07, 6.45) is 5.32. The minimum absolute atomic E-state index is 0.184. The van der Waals surface area contributed by atoms with Crippen LogP contribution >= 0.6 is 0 Å². The van der Waals surface area contributed by atoms with Crippen molar-refractivity contribution in [3.8, 4) is 5.75 Å². The van der Waals surface area contributed by atoms with Crippen LogP contribution in [0.25, 0.3) is 0 Å². The molecule has 0 radical (unpaired) electrons. The number of hydrogen-bond acceptors (Lipinski definition) is 3. The zero-order valence-electron chi connectivity index (χ0n) is 15.4. The highest BCUT2D eigenvalue weighted by Crippen LogP contribution is 2.58. The van der Waals surface area contributed by atoms with E-state index < -0.39 is 0 Å². The van der Waals surface area contributed by atoms with Gasteiger partial charge in [-0.25, -0.2) is 0 Å². The molecule has 1 aliphatic heterocycles. The van der Waals surface area contributed by atoms with Crippen LogP contribution in [0.15, 0.2) is 48.5 Å². The molecule has 3 nitrogen and oxygen atoms in total. The van der Waals surface area contributed by atoms with Crippen LogP contribution in [0.2, 0.25) is 0 Å². The molecule has 2 aromatic carbocycles. The Morgan fingerprint density at radius 1 is 0.923 bits per heavy atom. The van der Waals surface area contributed by atoms with E-state index in [0.29, 0.717) is 5.92 Å². The summed E-state index contributed by atoms with van der Waals surface area (Å²) in [6.45, 7) is 1.48. The Balaban J connectivity index is 1.55. The van der Waals surface area contributed by atoms with Crippen molar-refractivity contribution in [3.63, 3.8) is 0 Å². The van der Waals surface area contributed by atoms with Crippen molar-refractivity contribution >= 4 is 0 Å². The first-order valence-corrected chi connectivity index (χ1v) is 9.75. The third-order valence-electron chi connectivity index (χ3n) is 6.86. The van der Waals surface area contributed by atoms with Crippen LogP contribution in [0.1, 0.15) is 48.3 Å². The molecule has 3 heteroatoms. The maximum Gasteiger partial charge on any atom is 0.168 e. The van der Waals surface area contributed by atoms with Gasteiger partial charge in [0, 0.05) is 18.3 Å². The van der Waals surface area contributed by atoms with Crippen molar-refractivity contribution in [2.75, 3.05) is 20.3 Å². The van der Waals surface area contributed by atoms with E-state index in [1.54, 1.807) is 12.7 Å². The molecule has 2 spiro atoms. The molecule has 1 saturated heterocycles. The topological polar surface area (TPSA) is 27.7 Å². The summed E-state index contributed by atoms with van der Waals surface area (Å²) in [7, 11) is 1.75. The normalized spacial score (nSPS) is 25.5. The molecule has 0 N–H and O–H groups in total. The molecule has 1 unspecified atom stereocenters. The standard InChI is InChI=1S/C23H26O3/c1-24-19-7-4-6-17(15-19)21-16-18-5-2-3-8-20(18)22(21)9-11-23(12-10-22)25-13-14-26-23/h2-8,15,21H,9-14,16H2,1H3. The molecule has 26 heavy (non-hydrogen) atoms. The monoisotopic (exact) mass is 350 g/mol. The lowest BCUT2D eigenvalue weighted by Gasteiger charge is -2.45. The number of ether oxygens (including phenoxy) is 3. The van der Waals surface area contributed by atoms with Crippen molar-refractivity contribution in [1.29, 1.82) is 0 Å². The number of benzene rings is 2. The SMILES string of the molecule is COc1cccc(C2Cc3ccccc3C23CCC2(CC3)OCCO2)c1. The van der Waals surface area contributed by atoms with Gasteiger partial charge in [0.1, 0.15) is 5.75 Å². The highest BCUT2D eigenvalue weighted by Gasteiger charge is 2.53. The lowest BCUT2D eigenvalue weighted by molar-refractivity contribution is -0.186. The van der Waals surface area contributed by atoms with Crippen molar-refractivity contribution < 1.29 is 14.2 Å². The lowest BCUT2D eigenvalue weighted by atomic mass is 9.62. The number of rotatable bonds is 2. The average Bonchev–Trinajstić information content (AvgIpc) is 3.28. The first-order chi connectivity index (χ1) is 12.7. The van der Waals surface area contributed by atoms with Gasteiger partial charge in [0.2, 0.25) is 0 Å². The molecule has 2 aromatic rings. The second kappa shape index (κ2) is 6.11. The summed E-state index contributed by atoms with van der Waals surface area (Å²) in [5.41, 5.74) is 4.62. The van der Waals surface area contributed by atoms with Gasteiger partial charge in [0.15, 0.2) is 5.79 Å². The zero-order chi connectivity index (χ0) is 17.6. The molecule has 1 saturated carbocycles. The fraction of sp³-hybridized carbons (Fsp3) is 0.478. The smallest absolute Gasteiger partial charge is 0.168 e. The first kappa shape index (κ1) is 16.3. The second-order valence-corrected chi connectivity index (χ2v) is 7.95. The van der Waals surface area contributed by atoms with Gasteiger partial charge >= 0.3 is 0 Å². The Morgan fingerprint density at radius 3 is 2.46 bits per heavy atom. The van der Waals surface area contributed by atoms with Gasteiger partial charge in [-0.15, -0.1) is 0 Å². The second-order valence-electron chi connectivity index (χ2n) is 7.95. The van der Waals surface area contributed by atoms with Crippen LogP contribution < -0.4 is 4.74 Å². The first-order valence-electron chi connectivity index (χ1n) is 9.75. The molecular formula is C23H26O3. The predicted octanol–water partition coefficient (Wildman–Crippen LogP) is 4.59. The summed E-state index contributed by atoms with van der Waals surface area (Å²) in [5, 5.41) is 0. The number of methoxy groups -OCH3 is 1. The Hall–Kier alpha value is -1.84. The molecule has 0 aromatic heterocycles. The Labute approximate surface area is 155 Å². The van der Waals surface area contributed by atoms with E-state index in [1.807, 2.05) is 6.07 Å². The minimum Gasteiger partial charge on any atom is -0.497 e. The summed E-state index contributed by atoms with van der Waals surface area (Å²) >= 11 is 0. The van der Waals surface area contributed by atoms with E-state index >= 15 is 0 Å². The molecule has 3 aliphatic rings.